The van der Waals surface area contributed by atoms with E-state index in [9.17, 15) is 18.0 Å². The molecule has 0 aliphatic carbocycles. The highest BCUT2D eigenvalue weighted by atomic mass is 19.4. The van der Waals surface area contributed by atoms with Crippen molar-refractivity contribution in [3.05, 3.63) is 53.1 Å². The van der Waals surface area contributed by atoms with Gasteiger partial charge in [0.2, 0.25) is 5.69 Å². The molecule has 122 valence electrons. The summed E-state index contributed by atoms with van der Waals surface area (Å²) in [7, 11) is 0. The molecule has 0 spiro atoms. The molecule has 0 heterocycles. The number of nitrogens with one attached hydrogen (secondary N) is 1. The number of carboxylic acids is 1. The number of aromatic carboxylic acids is 1. The molecule has 8 heteroatoms. The van der Waals surface area contributed by atoms with Crippen LogP contribution in [0.3, 0.4) is 0 Å². The second-order valence-electron chi connectivity index (χ2n) is 4.88. The molecule has 4 N–H and O–H groups in total. The van der Waals surface area contributed by atoms with Gasteiger partial charge in [0, 0.05) is 11.6 Å². The summed E-state index contributed by atoms with van der Waals surface area (Å²) in [5.74, 6) is -1.19. The number of hydrogen-bond donors (Lipinski definition) is 4. The number of carbonyl (C=O) groups is 1. The lowest BCUT2D eigenvalue weighted by molar-refractivity contribution is -1.19. The lowest BCUT2D eigenvalue weighted by Gasteiger charge is -2.17. The third kappa shape index (κ3) is 3.34. The fourth-order valence-electron chi connectivity index (χ4n) is 2.37. The number of alkyl halides is 3. The molecule has 2 aromatic carbocycles. The van der Waals surface area contributed by atoms with Gasteiger partial charge in [-0.25, -0.2) is 4.79 Å². The molecule has 0 unspecified atom stereocenters. The van der Waals surface area contributed by atoms with Gasteiger partial charge >= 0.3 is 12.1 Å². The van der Waals surface area contributed by atoms with E-state index >= 15 is 0 Å². The fourth-order valence-corrected chi connectivity index (χ4v) is 2.37. The number of aryl methyl sites for hydroxylation is 1. The first-order valence-corrected chi connectivity index (χ1v) is 6.42. The summed E-state index contributed by atoms with van der Waals surface area (Å²) in [6.07, 6.45) is -4.82. The second-order valence-corrected chi connectivity index (χ2v) is 4.88. The van der Waals surface area contributed by atoms with Crippen LogP contribution in [0, 0.1) is 6.92 Å². The van der Waals surface area contributed by atoms with Gasteiger partial charge in [0.15, 0.2) is 0 Å². The van der Waals surface area contributed by atoms with Crippen molar-refractivity contribution in [2.45, 2.75) is 13.1 Å². The highest BCUT2D eigenvalue weighted by Crippen LogP contribution is 2.41. The largest absolute Gasteiger partial charge is 0.478 e. The zero-order chi connectivity index (χ0) is 17.4. The van der Waals surface area contributed by atoms with E-state index in [1.807, 2.05) is 0 Å². The van der Waals surface area contributed by atoms with Gasteiger partial charge in [0.1, 0.15) is 5.56 Å². The maximum atomic E-state index is 13.4. The van der Waals surface area contributed by atoms with Crippen LogP contribution in [0.2, 0.25) is 0 Å². The SMILES string of the molecule is Cc1cc(C(=O)O)ccc1-c1cccc([NH+](O)O)c1C(F)(F)F. The molecule has 0 radical (unpaired) electrons. The highest BCUT2D eigenvalue weighted by Gasteiger charge is 2.40. The zero-order valence-electron chi connectivity index (χ0n) is 11.8. The Morgan fingerprint density at radius 2 is 1.74 bits per heavy atom. The number of rotatable bonds is 3. The number of halogens is 3. The first-order valence-electron chi connectivity index (χ1n) is 6.42. The van der Waals surface area contributed by atoms with Crippen molar-refractivity contribution in [1.82, 2.24) is 0 Å². The Balaban J connectivity index is 2.74. The molecule has 0 saturated carbocycles. The third-order valence-electron chi connectivity index (χ3n) is 3.35. The highest BCUT2D eigenvalue weighted by molar-refractivity contribution is 5.89. The average Bonchev–Trinajstić information content (AvgIpc) is 2.45. The molecule has 2 rings (SSSR count). The minimum Gasteiger partial charge on any atom is -0.478 e. The second kappa shape index (κ2) is 5.99. The molecule has 5 nitrogen and oxygen atoms in total. The van der Waals surface area contributed by atoms with Crippen LogP contribution < -0.4 is 5.23 Å². The molecule has 0 amide bonds. The normalized spacial score (nSPS) is 11.8. The van der Waals surface area contributed by atoms with Crippen molar-refractivity contribution < 1.29 is 38.7 Å². The van der Waals surface area contributed by atoms with Crippen molar-refractivity contribution in [1.29, 1.82) is 0 Å². The first-order chi connectivity index (χ1) is 10.6. The van der Waals surface area contributed by atoms with Crippen LogP contribution >= 0.6 is 0 Å². The van der Waals surface area contributed by atoms with Gasteiger partial charge < -0.3 is 5.11 Å². The molecular formula is C15H13F3NO4+. The Bertz CT molecular complexity index is 757. The maximum Gasteiger partial charge on any atom is 0.422 e. The van der Waals surface area contributed by atoms with Crippen LogP contribution in [0.4, 0.5) is 18.9 Å². The predicted molar refractivity (Wildman–Crippen MR) is 72.8 cm³/mol. The van der Waals surface area contributed by atoms with Crippen molar-refractivity contribution in [3.63, 3.8) is 0 Å². The van der Waals surface area contributed by atoms with Gasteiger partial charge in [0.05, 0.1) is 5.56 Å². The molecule has 0 aromatic heterocycles. The van der Waals surface area contributed by atoms with Crippen molar-refractivity contribution >= 4 is 11.7 Å². The number of carboxylic acid groups (broad SMARTS) is 1. The van der Waals surface area contributed by atoms with Gasteiger partial charge in [-0.2, -0.15) is 23.6 Å². The van der Waals surface area contributed by atoms with Crippen molar-refractivity contribution in [2.24, 2.45) is 0 Å². The fraction of sp³-hybridized carbons (Fsp3) is 0.133. The van der Waals surface area contributed by atoms with Crippen LogP contribution in [0.15, 0.2) is 36.4 Å². The minimum atomic E-state index is -4.82. The van der Waals surface area contributed by atoms with E-state index in [-0.39, 0.29) is 16.7 Å². The Hall–Kier alpha value is -2.42. The number of benzene rings is 2. The van der Waals surface area contributed by atoms with E-state index in [1.165, 1.54) is 37.3 Å². The summed E-state index contributed by atoms with van der Waals surface area (Å²) in [6.45, 7) is 1.48. The first kappa shape index (κ1) is 16.9. The smallest absolute Gasteiger partial charge is 0.422 e. The average molecular weight is 328 g/mol. The molecule has 2 aromatic rings. The summed E-state index contributed by atoms with van der Waals surface area (Å²) >= 11 is 0. The quantitative estimate of drug-likeness (QED) is 0.653. The maximum absolute atomic E-state index is 13.4. The van der Waals surface area contributed by atoms with Crippen LogP contribution in [0.5, 0.6) is 0 Å². The van der Waals surface area contributed by atoms with E-state index in [1.54, 1.807) is 0 Å². The van der Waals surface area contributed by atoms with Crippen LogP contribution in [0.1, 0.15) is 21.5 Å². The molecule has 0 fully saturated rings. The lowest BCUT2D eigenvalue weighted by Crippen LogP contribution is -3.02. The number of quaternary nitrogens is 1. The van der Waals surface area contributed by atoms with Gasteiger partial charge in [-0.1, -0.05) is 18.2 Å². The standard InChI is InChI=1S/C15H12F3NO4/c1-8-7-9(14(20)21)5-6-10(8)11-3-2-4-12(19(22)23)13(11)15(16,17)18/h2-7,22-23H,1H3,(H,20,21)/p+1. The molecule has 0 aliphatic rings. The van der Waals surface area contributed by atoms with Gasteiger partial charge in [-0.15, -0.1) is 0 Å². The molecular weight excluding hydrogens is 315 g/mol. The van der Waals surface area contributed by atoms with E-state index in [0.717, 1.165) is 6.07 Å². The molecule has 0 aliphatic heterocycles. The van der Waals surface area contributed by atoms with E-state index in [4.69, 9.17) is 15.5 Å². The Morgan fingerprint density at radius 1 is 1.09 bits per heavy atom. The monoisotopic (exact) mass is 328 g/mol. The summed E-state index contributed by atoms with van der Waals surface area (Å²) in [6, 6.07) is 7.12. The van der Waals surface area contributed by atoms with Crippen LogP contribution in [-0.2, 0) is 6.18 Å². The number of hydrogen-bond acceptors (Lipinski definition) is 3. The zero-order valence-corrected chi connectivity index (χ0v) is 11.8. The predicted octanol–water partition coefficient (Wildman–Crippen LogP) is 2.67. The Morgan fingerprint density at radius 3 is 2.22 bits per heavy atom. The lowest BCUT2D eigenvalue weighted by atomic mass is 9.93. The Labute approximate surface area is 128 Å². The third-order valence-corrected chi connectivity index (χ3v) is 3.35. The minimum absolute atomic E-state index is 0.0486. The topological polar surface area (TPSA) is 82.2 Å². The van der Waals surface area contributed by atoms with Gasteiger partial charge in [0.25, 0.3) is 0 Å². The molecule has 0 saturated heterocycles. The van der Waals surface area contributed by atoms with Gasteiger partial charge in [-0.05, 0) is 35.4 Å². The van der Waals surface area contributed by atoms with Crippen molar-refractivity contribution in [3.8, 4) is 11.1 Å². The van der Waals surface area contributed by atoms with E-state index in [0.29, 0.717) is 5.56 Å². The van der Waals surface area contributed by atoms with Crippen molar-refractivity contribution in [2.75, 3.05) is 0 Å². The van der Waals surface area contributed by atoms with Crippen LogP contribution in [0.25, 0.3) is 11.1 Å². The molecule has 0 atom stereocenters. The summed E-state index contributed by atoms with van der Waals surface area (Å²) in [5, 5.41) is 25.7. The summed E-state index contributed by atoms with van der Waals surface area (Å²) < 4.78 is 40.1. The van der Waals surface area contributed by atoms with Gasteiger partial charge in [-0.3, -0.25) is 0 Å². The molecule has 23 heavy (non-hydrogen) atoms. The van der Waals surface area contributed by atoms with E-state index in [2.05, 4.69) is 0 Å². The van der Waals surface area contributed by atoms with Crippen LogP contribution in [-0.4, -0.2) is 21.5 Å². The Kier molecular flexibility index (Phi) is 4.42. The summed E-state index contributed by atoms with van der Waals surface area (Å²) in [5.41, 5.74) is -1.75. The van der Waals surface area contributed by atoms with E-state index < -0.39 is 28.6 Å². The summed E-state index contributed by atoms with van der Waals surface area (Å²) in [4.78, 5) is 10.9. The molecule has 0 bridgehead atoms.